The lowest BCUT2D eigenvalue weighted by atomic mass is 10.0. The number of nitrogens with zero attached hydrogens (tertiary/aromatic N) is 3. The zero-order valence-electron chi connectivity index (χ0n) is 13.6. The number of hydrogen-bond acceptors (Lipinski definition) is 5. The fourth-order valence-electron chi connectivity index (χ4n) is 4.03. The van der Waals surface area contributed by atoms with Gasteiger partial charge in [-0.1, -0.05) is 12.1 Å². The molecule has 1 aromatic carbocycles. The number of nitrogens with one attached hydrogen (secondary N) is 1. The van der Waals surface area contributed by atoms with Crippen LogP contribution in [0.25, 0.3) is 22.1 Å². The van der Waals surface area contributed by atoms with Crippen molar-refractivity contribution >= 4 is 28.0 Å². The number of fused-ring (bicyclic) bond motifs is 4. The van der Waals surface area contributed by atoms with Gasteiger partial charge >= 0.3 is 0 Å². The van der Waals surface area contributed by atoms with Crippen molar-refractivity contribution in [2.24, 2.45) is 11.8 Å². The maximum atomic E-state index is 12.7. The molecule has 0 unspecified atom stereocenters. The summed E-state index contributed by atoms with van der Waals surface area (Å²) < 4.78 is 7.01. The van der Waals surface area contributed by atoms with E-state index in [2.05, 4.69) is 10.3 Å². The number of carbonyl (C=O) groups excluding carboxylic acids is 1. The molecule has 7 nitrogen and oxygen atoms in total. The van der Waals surface area contributed by atoms with E-state index in [-0.39, 0.29) is 23.6 Å². The van der Waals surface area contributed by atoms with Gasteiger partial charge in [-0.15, -0.1) is 0 Å². The van der Waals surface area contributed by atoms with Gasteiger partial charge in [0.2, 0.25) is 11.5 Å². The molecule has 5 rings (SSSR count). The van der Waals surface area contributed by atoms with Gasteiger partial charge in [-0.2, -0.15) is 0 Å². The smallest absolute Gasteiger partial charge is 0.297 e. The monoisotopic (exact) mass is 338 g/mol. The van der Waals surface area contributed by atoms with E-state index < -0.39 is 0 Å². The minimum atomic E-state index is -0.310. The van der Waals surface area contributed by atoms with E-state index in [4.69, 9.17) is 4.42 Å². The molecule has 0 saturated carbocycles. The lowest BCUT2D eigenvalue weighted by molar-refractivity contribution is -0.131. The summed E-state index contributed by atoms with van der Waals surface area (Å²) >= 11 is 0. The first-order valence-corrected chi connectivity index (χ1v) is 8.56. The minimum absolute atomic E-state index is 0.00564. The van der Waals surface area contributed by atoms with Crippen molar-refractivity contribution in [2.75, 3.05) is 26.2 Å². The van der Waals surface area contributed by atoms with Crippen molar-refractivity contribution in [3.05, 3.63) is 40.9 Å². The molecular formula is C18H18N4O3. The molecule has 2 atom stereocenters. The van der Waals surface area contributed by atoms with Crippen LogP contribution in [0.15, 0.2) is 39.8 Å². The Bertz CT molecular complexity index is 1030. The van der Waals surface area contributed by atoms with E-state index in [0.717, 1.165) is 31.6 Å². The van der Waals surface area contributed by atoms with Gasteiger partial charge in [0.15, 0.2) is 0 Å². The second-order valence-corrected chi connectivity index (χ2v) is 6.93. The Morgan fingerprint density at radius 1 is 1.24 bits per heavy atom. The Morgan fingerprint density at radius 2 is 2.00 bits per heavy atom. The molecule has 7 heteroatoms. The lowest BCUT2D eigenvalue weighted by Gasteiger charge is -2.17. The second kappa shape index (κ2) is 5.42. The van der Waals surface area contributed by atoms with Gasteiger partial charge in [0.25, 0.3) is 5.56 Å². The molecular weight excluding hydrogens is 320 g/mol. The topological polar surface area (TPSA) is 80.4 Å². The molecule has 2 aliphatic rings. The van der Waals surface area contributed by atoms with E-state index in [1.165, 1.54) is 10.9 Å². The van der Waals surface area contributed by atoms with Gasteiger partial charge in [0.1, 0.15) is 17.6 Å². The number of amides is 1. The predicted octanol–water partition coefficient (Wildman–Crippen LogP) is 0.820. The summed E-state index contributed by atoms with van der Waals surface area (Å²) in [5, 5.41) is 4.17. The van der Waals surface area contributed by atoms with Gasteiger partial charge < -0.3 is 14.6 Å². The number of para-hydroxylation sites is 1. The number of furan rings is 1. The molecule has 2 fully saturated rings. The summed E-state index contributed by atoms with van der Waals surface area (Å²) in [7, 11) is 0. The van der Waals surface area contributed by atoms with E-state index >= 15 is 0 Å². The third kappa shape index (κ3) is 2.26. The average molecular weight is 338 g/mol. The molecule has 128 valence electrons. The zero-order valence-corrected chi connectivity index (χ0v) is 13.6. The summed E-state index contributed by atoms with van der Waals surface area (Å²) in [6, 6.07) is 7.42. The first kappa shape index (κ1) is 14.7. The summed E-state index contributed by atoms with van der Waals surface area (Å²) in [6.45, 7) is 3.49. The fraction of sp³-hybridized carbons (Fsp3) is 0.389. The van der Waals surface area contributed by atoms with Crippen molar-refractivity contribution in [1.29, 1.82) is 0 Å². The van der Waals surface area contributed by atoms with Crippen molar-refractivity contribution in [3.8, 4) is 0 Å². The summed E-state index contributed by atoms with van der Waals surface area (Å²) in [5.41, 5.74) is 1.08. The molecule has 2 aliphatic heterocycles. The molecule has 1 N–H and O–H groups in total. The zero-order chi connectivity index (χ0) is 17.0. The van der Waals surface area contributed by atoms with Crippen LogP contribution in [-0.4, -0.2) is 46.5 Å². The summed E-state index contributed by atoms with van der Waals surface area (Å²) in [6.07, 6.45) is 1.45. The largest absolute Gasteiger partial charge is 0.448 e. The normalized spacial score (nSPS) is 22.8. The number of aromatic nitrogens is 2. The van der Waals surface area contributed by atoms with E-state index in [1.807, 2.05) is 29.2 Å². The van der Waals surface area contributed by atoms with Gasteiger partial charge in [-0.25, -0.2) is 4.98 Å². The summed E-state index contributed by atoms with van der Waals surface area (Å²) in [5.74, 6) is 1.04. The van der Waals surface area contributed by atoms with Crippen molar-refractivity contribution in [2.45, 2.75) is 6.54 Å². The van der Waals surface area contributed by atoms with Crippen LogP contribution in [0.3, 0.4) is 0 Å². The first-order chi connectivity index (χ1) is 12.2. The van der Waals surface area contributed by atoms with Crippen LogP contribution < -0.4 is 10.9 Å². The number of benzene rings is 1. The van der Waals surface area contributed by atoms with Crippen LogP contribution in [0.1, 0.15) is 0 Å². The lowest BCUT2D eigenvalue weighted by Crippen LogP contribution is -2.36. The molecule has 3 aromatic rings. The molecule has 1 amide bonds. The molecule has 0 spiro atoms. The number of hydrogen-bond donors (Lipinski definition) is 1. The fourth-order valence-corrected chi connectivity index (χ4v) is 4.03. The highest BCUT2D eigenvalue weighted by atomic mass is 16.3. The molecule has 0 aliphatic carbocycles. The average Bonchev–Trinajstić information content (AvgIpc) is 3.29. The van der Waals surface area contributed by atoms with Crippen molar-refractivity contribution < 1.29 is 9.21 Å². The van der Waals surface area contributed by atoms with Crippen molar-refractivity contribution in [1.82, 2.24) is 19.8 Å². The standard InChI is InChI=1S/C18H18N4O3/c23-15(21-7-11-5-19-6-12(11)8-21)9-22-10-20-16-13-3-1-2-4-14(13)25-17(16)18(22)24/h1-4,10-12,19H,5-9H2/t11-,12+. The Kier molecular flexibility index (Phi) is 3.18. The van der Waals surface area contributed by atoms with Gasteiger partial charge in [0.05, 0.1) is 6.33 Å². The molecule has 4 heterocycles. The molecule has 0 bridgehead atoms. The minimum Gasteiger partial charge on any atom is -0.448 e. The van der Waals surface area contributed by atoms with E-state index in [0.29, 0.717) is 22.9 Å². The van der Waals surface area contributed by atoms with Gasteiger partial charge in [-0.05, 0) is 24.0 Å². The number of rotatable bonds is 2. The highest BCUT2D eigenvalue weighted by molar-refractivity contribution is 6.01. The highest BCUT2D eigenvalue weighted by Gasteiger charge is 2.38. The number of likely N-dealkylation sites (tertiary alicyclic amines) is 1. The van der Waals surface area contributed by atoms with Crippen LogP contribution in [0.5, 0.6) is 0 Å². The maximum absolute atomic E-state index is 12.7. The Labute approximate surface area is 143 Å². The van der Waals surface area contributed by atoms with Crippen molar-refractivity contribution in [3.63, 3.8) is 0 Å². The summed E-state index contributed by atoms with van der Waals surface area (Å²) in [4.78, 5) is 31.5. The maximum Gasteiger partial charge on any atom is 0.297 e. The van der Waals surface area contributed by atoms with Crippen LogP contribution in [-0.2, 0) is 11.3 Å². The third-order valence-electron chi connectivity index (χ3n) is 5.40. The van der Waals surface area contributed by atoms with E-state index in [1.54, 1.807) is 0 Å². The first-order valence-electron chi connectivity index (χ1n) is 8.56. The van der Waals surface area contributed by atoms with Crippen LogP contribution >= 0.6 is 0 Å². The third-order valence-corrected chi connectivity index (χ3v) is 5.40. The molecule has 0 radical (unpaired) electrons. The van der Waals surface area contributed by atoms with Gasteiger partial charge in [-0.3, -0.25) is 14.2 Å². The Hall–Kier alpha value is -2.67. The molecule has 2 saturated heterocycles. The van der Waals surface area contributed by atoms with Crippen LogP contribution in [0, 0.1) is 11.8 Å². The van der Waals surface area contributed by atoms with E-state index in [9.17, 15) is 9.59 Å². The number of carbonyl (C=O) groups is 1. The Balaban J connectivity index is 1.45. The predicted molar refractivity (Wildman–Crippen MR) is 92.2 cm³/mol. The van der Waals surface area contributed by atoms with Crippen LogP contribution in [0.2, 0.25) is 0 Å². The van der Waals surface area contributed by atoms with Crippen LogP contribution in [0.4, 0.5) is 0 Å². The Morgan fingerprint density at radius 3 is 2.80 bits per heavy atom. The second-order valence-electron chi connectivity index (χ2n) is 6.93. The SMILES string of the molecule is O=C(Cn1cnc2c(oc3ccccc32)c1=O)N1C[C@H]2CNC[C@H]2C1. The quantitative estimate of drug-likeness (QED) is 0.748. The van der Waals surface area contributed by atoms with Gasteiger partial charge in [0, 0.05) is 31.6 Å². The molecule has 2 aromatic heterocycles. The highest BCUT2D eigenvalue weighted by Crippen LogP contribution is 2.27. The molecule has 25 heavy (non-hydrogen) atoms.